The number of carbonyl (C=O) groups is 1. The maximum absolute atomic E-state index is 13.0. The van der Waals surface area contributed by atoms with Crippen LogP contribution in [0.5, 0.6) is 17.2 Å². The normalized spacial score (nSPS) is 12.1. The van der Waals surface area contributed by atoms with E-state index in [1.807, 2.05) is 79.0 Å². The monoisotopic (exact) mass is 620 g/mol. The smallest absolute Gasteiger partial charge is 0.328 e. The molecule has 0 aliphatic heterocycles. The van der Waals surface area contributed by atoms with Crippen molar-refractivity contribution >= 4 is 5.97 Å². The Balaban J connectivity index is 1.48. The molecule has 6 heteroatoms. The lowest BCUT2D eigenvalue weighted by atomic mass is 9.87. The average molecular weight is 621 g/mol. The zero-order valence-corrected chi connectivity index (χ0v) is 27.7. The SMILES string of the molecule is COC(=O)[C@H](CCCCN)N(/C=C/Cc1cccc(Oc2ccc(C(C)(C)C)cc2)c1)Cc1cccc(OCc2ccccc2)c1. The zero-order chi connectivity index (χ0) is 32.8. The summed E-state index contributed by atoms with van der Waals surface area (Å²) >= 11 is 0. The lowest BCUT2D eigenvalue weighted by molar-refractivity contribution is -0.146. The summed E-state index contributed by atoms with van der Waals surface area (Å²) in [6.07, 6.45) is 7.10. The Morgan fingerprint density at radius 1 is 0.804 bits per heavy atom. The Bertz CT molecular complexity index is 1530. The molecule has 0 spiro atoms. The molecule has 0 saturated carbocycles. The van der Waals surface area contributed by atoms with Crippen LogP contribution in [0.2, 0.25) is 0 Å². The van der Waals surface area contributed by atoms with Crippen molar-refractivity contribution in [2.75, 3.05) is 13.7 Å². The van der Waals surface area contributed by atoms with Crippen molar-refractivity contribution in [3.8, 4) is 17.2 Å². The summed E-state index contributed by atoms with van der Waals surface area (Å²) in [5.74, 6) is 2.12. The van der Waals surface area contributed by atoms with Crippen molar-refractivity contribution in [2.45, 2.75) is 71.1 Å². The second-order valence-corrected chi connectivity index (χ2v) is 12.5. The van der Waals surface area contributed by atoms with E-state index in [0.717, 1.165) is 46.8 Å². The van der Waals surface area contributed by atoms with E-state index in [2.05, 4.69) is 62.1 Å². The van der Waals surface area contributed by atoms with Gasteiger partial charge in [-0.25, -0.2) is 4.79 Å². The van der Waals surface area contributed by atoms with Crippen LogP contribution in [0.3, 0.4) is 0 Å². The third-order valence-corrected chi connectivity index (χ3v) is 7.82. The van der Waals surface area contributed by atoms with Crippen molar-refractivity contribution in [3.63, 3.8) is 0 Å². The first-order valence-electron chi connectivity index (χ1n) is 16.1. The van der Waals surface area contributed by atoms with Gasteiger partial charge in [-0.3, -0.25) is 0 Å². The fourth-order valence-electron chi connectivity index (χ4n) is 5.21. The quantitative estimate of drug-likeness (QED) is 0.0999. The number of allylic oxidation sites excluding steroid dienone is 1. The number of benzene rings is 4. The minimum atomic E-state index is -0.438. The van der Waals surface area contributed by atoms with Gasteiger partial charge in [0.15, 0.2) is 0 Å². The zero-order valence-electron chi connectivity index (χ0n) is 27.7. The number of hydrogen-bond donors (Lipinski definition) is 1. The highest BCUT2D eigenvalue weighted by Gasteiger charge is 2.24. The minimum Gasteiger partial charge on any atom is -0.489 e. The second-order valence-electron chi connectivity index (χ2n) is 12.5. The van der Waals surface area contributed by atoms with Crippen LogP contribution >= 0.6 is 0 Å². The van der Waals surface area contributed by atoms with Crippen molar-refractivity contribution in [1.82, 2.24) is 4.90 Å². The number of ether oxygens (including phenoxy) is 3. The number of nitrogens with two attached hydrogens (primary N) is 1. The first-order valence-corrected chi connectivity index (χ1v) is 16.1. The highest BCUT2D eigenvalue weighted by Crippen LogP contribution is 2.28. The molecule has 0 aliphatic carbocycles. The van der Waals surface area contributed by atoms with Gasteiger partial charge in [-0.2, -0.15) is 0 Å². The summed E-state index contributed by atoms with van der Waals surface area (Å²) < 4.78 is 17.5. The van der Waals surface area contributed by atoms with Crippen LogP contribution in [0.15, 0.2) is 115 Å². The molecule has 4 aromatic carbocycles. The van der Waals surface area contributed by atoms with Crippen LogP contribution in [-0.2, 0) is 34.5 Å². The summed E-state index contributed by atoms with van der Waals surface area (Å²) in [7, 11) is 1.44. The van der Waals surface area contributed by atoms with E-state index in [4.69, 9.17) is 19.9 Å². The molecule has 4 rings (SSSR count). The van der Waals surface area contributed by atoms with Gasteiger partial charge >= 0.3 is 5.97 Å². The highest BCUT2D eigenvalue weighted by molar-refractivity contribution is 5.75. The van der Waals surface area contributed by atoms with Crippen LogP contribution in [0.25, 0.3) is 0 Å². The van der Waals surface area contributed by atoms with Gasteiger partial charge in [0, 0.05) is 6.54 Å². The van der Waals surface area contributed by atoms with Gasteiger partial charge in [0.2, 0.25) is 0 Å². The molecule has 0 fully saturated rings. The van der Waals surface area contributed by atoms with Crippen LogP contribution in [0, 0.1) is 0 Å². The molecule has 242 valence electrons. The van der Waals surface area contributed by atoms with Crippen LogP contribution in [0.1, 0.15) is 62.3 Å². The molecule has 0 amide bonds. The van der Waals surface area contributed by atoms with Crippen molar-refractivity contribution in [3.05, 3.63) is 138 Å². The number of carbonyl (C=O) groups excluding carboxylic acids is 1. The fraction of sp³-hybridized carbons (Fsp3) is 0.325. The van der Waals surface area contributed by atoms with Crippen LogP contribution in [-0.4, -0.2) is 30.6 Å². The van der Waals surface area contributed by atoms with Crippen LogP contribution < -0.4 is 15.2 Å². The van der Waals surface area contributed by atoms with E-state index in [-0.39, 0.29) is 11.4 Å². The molecule has 0 radical (unpaired) electrons. The minimum absolute atomic E-state index is 0.0922. The molecular weight excluding hydrogens is 572 g/mol. The number of nitrogens with zero attached hydrogens (tertiary/aromatic N) is 1. The van der Waals surface area contributed by atoms with E-state index < -0.39 is 6.04 Å². The van der Waals surface area contributed by atoms with Gasteiger partial charge in [-0.15, -0.1) is 0 Å². The summed E-state index contributed by atoms with van der Waals surface area (Å²) in [4.78, 5) is 15.1. The Morgan fingerprint density at radius 2 is 1.48 bits per heavy atom. The number of methoxy groups -OCH3 is 1. The lowest BCUT2D eigenvalue weighted by Gasteiger charge is -2.29. The molecule has 0 saturated heterocycles. The number of esters is 1. The summed E-state index contributed by atoms with van der Waals surface area (Å²) in [5, 5.41) is 0. The van der Waals surface area contributed by atoms with Crippen LogP contribution in [0.4, 0.5) is 0 Å². The largest absolute Gasteiger partial charge is 0.489 e. The third kappa shape index (κ3) is 10.8. The van der Waals surface area contributed by atoms with Gasteiger partial charge in [0.25, 0.3) is 0 Å². The van der Waals surface area contributed by atoms with E-state index in [0.29, 0.717) is 32.5 Å². The van der Waals surface area contributed by atoms with Crippen molar-refractivity contribution in [1.29, 1.82) is 0 Å². The van der Waals surface area contributed by atoms with Crippen molar-refractivity contribution in [2.24, 2.45) is 5.73 Å². The fourth-order valence-corrected chi connectivity index (χ4v) is 5.21. The van der Waals surface area contributed by atoms with Crippen molar-refractivity contribution < 1.29 is 19.0 Å². The molecule has 0 unspecified atom stereocenters. The predicted molar refractivity (Wildman–Crippen MR) is 186 cm³/mol. The third-order valence-electron chi connectivity index (χ3n) is 7.82. The molecule has 2 N–H and O–H groups in total. The molecule has 0 heterocycles. The maximum atomic E-state index is 13.0. The molecule has 0 bridgehead atoms. The summed E-state index contributed by atoms with van der Waals surface area (Å²) in [5.41, 5.74) is 10.4. The molecule has 1 atom stereocenters. The topological polar surface area (TPSA) is 74.0 Å². The Kier molecular flexibility index (Phi) is 12.9. The lowest BCUT2D eigenvalue weighted by Crippen LogP contribution is -2.38. The number of unbranched alkanes of at least 4 members (excludes halogenated alkanes) is 1. The average Bonchev–Trinajstić information content (AvgIpc) is 3.06. The summed E-state index contributed by atoms with van der Waals surface area (Å²) in [6.45, 7) is 8.20. The van der Waals surface area contributed by atoms with E-state index >= 15 is 0 Å². The summed E-state index contributed by atoms with van der Waals surface area (Å²) in [6, 6.07) is 34.1. The first kappa shape index (κ1) is 34.3. The standard InChI is InChI=1S/C40H48N2O4/c1-40(2,3)34-21-23-35(24-22-34)46-37-19-10-15-31(27-37)17-12-26-42(38(39(43)44-4)20-8-9-25-41)29-33-16-11-18-36(28-33)45-30-32-13-6-5-7-14-32/h5-7,10-16,18-19,21-24,26-28,38H,8-9,17,20,25,29-30,41H2,1-4H3/b26-12+/t38-/m0/s1. The van der Waals surface area contributed by atoms with E-state index in [9.17, 15) is 4.79 Å². The van der Waals surface area contributed by atoms with Gasteiger partial charge in [0.1, 0.15) is 29.9 Å². The van der Waals surface area contributed by atoms with Gasteiger partial charge < -0.3 is 24.8 Å². The molecule has 0 aliphatic rings. The van der Waals surface area contributed by atoms with Gasteiger partial charge in [0.05, 0.1) is 7.11 Å². The number of rotatable bonds is 16. The molecule has 6 nitrogen and oxygen atoms in total. The number of hydrogen-bond acceptors (Lipinski definition) is 6. The Labute approximate surface area is 274 Å². The Morgan fingerprint density at radius 3 is 2.17 bits per heavy atom. The molecular formula is C40H48N2O4. The Hall–Kier alpha value is -4.55. The predicted octanol–water partition coefficient (Wildman–Crippen LogP) is 8.58. The maximum Gasteiger partial charge on any atom is 0.328 e. The highest BCUT2D eigenvalue weighted by atomic mass is 16.5. The first-order chi connectivity index (χ1) is 22.2. The van der Waals surface area contributed by atoms with E-state index in [1.165, 1.54) is 12.7 Å². The second kappa shape index (κ2) is 17.2. The molecule has 46 heavy (non-hydrogen) atoms. The molecule has 4 aromatic rings. The van der Waals surface area contributed by atoms with Gasteiger partial charge in [-0.1, -0.05) is 93.6 Å². The van der Waals surface area contributed by atoms with Gasteiger partial charge in [-0.05, 0) is 102 Å². The van der Waals surface area contributed by atoms with E-state index in [1.54, 1.807) is 0 Å². The molecule has 0 aromatic heterocycles.